The van der Waals surface area contributed by atoms with E-state index in [1.165, 1.54) is 21.3 Å². The molecular weight excluding hydrogens is 240 g/mol. The Hall–Kier alpha value is -2.44. The Morgan fingerprint density at radius 3 is 2.06 bits per heavy atom. The smallest absolute Gasteiger partial charge is 0.314 e. The van der Waals surface area contributed by atoms with Crippen molar-refractivity contribution in [2.75, 3.05) is 21.3 Å². The first kappa shape index (κ1) is 12.0. The van der Waals surface area contributed by atoms with Gasteiger partial charge in [-0.15, -0.1) is 0 Å². The maximum absolute atomic E-state index is 11.3. The van der Waals surface area contributed by atoms with Crippen LogP contribution in [0.5, 0.6) is 17.2 Å². The maximum atomic E-state index is 11.3. The van der Waals surface area contributed by atoms with Crippen molar-refractivity contribution in [3.63, 3.8) is 0 Å². The molecule has 0 aliphatic carbocycles. The third-order valence-electron chi connectivity index (χ3n) is 2.52. The average Bonchev–Trinajstić information content (AvgIpc) is 2.38. The van der Waals surface area contributed by atoms with Crippen LogP contribution in [0.25, 0.3) is 11.0 Å². The van der Waals surface area contributed by atoms with Crippen molar-refractivity contribution >= 4 is 11.0 Å². The van der Waals surface area contributed by atoms with Gasteiger partial charge in [-0.05, 0) is 0 Å². The van der Waals surface area contributed by atoms with E-state index in [0.29, 0.717) is 28.3 Å². The van der Waals surface area contributed by atoms with Crippen LogP contribution in [0, 0.1) is 0 Å². The molecule has 1 aromatic carbocycles. The van der Waals surface area contributed by atoms with E-state index in [1.807, 2.05) is 0 Å². The van der Waals surface area contributed by atoms with E-state index < -0.39 is 11.1 Å². The highest BCUT2D eigenvalue weighted by molar-refractivity contribution is 5.86. The van der Waals surface area contributed by atoms with E-state index in [1.54, 1.807) is 6.07 Å². The van der Waals surface area contributed by atoms with Crippen molar-refractivity contribution in [2.45, 2.75) is 0 Å². The van der Waals surface area contributed by atoms with Crippen LogP contribution in [0.2, 0.25) is 0 Å². The lowest BCUT2D eigenvalue weighted by molar-refractivity contribution is 0.326. The molecule has 2 rings (SSSR count). The topological polar surface area (TPSA) is 93.4 Å². The molecule has 2 N–H and O–H groups in total. The van der Waals surface area contributed by atoms with Gasteiger partial charge in [-0.3, -0.25) is 9.59 Å². The molecule has 7 heteroatoms. The molecule has 0 radical (unpaired) electrons. The monoisotopic (exact) mass is 252 g/mol. The van der Waals surface area contributed by atoms with E-state index in [2.05, 4.69) is 9.97 Å². The number of hydrogen-bond donors (Lipinski definition) is 2. The zero-order valence-corrected chi connectivity index (χ0v) is 10.1. The molecule has 0 unspecified atom stereocenters. The lowest BCUT2D eigenvalue weighted by atomic mass is 10.2. The summed E-state index contributed by atoms with van der Waals surface area (Å²) in [5.41, 5.74) is -0.751. The molecule has 2 aromatic rings. The van der Waals surface area contributed by atoms with Crippen LogP contribution in [-0.4, -0.2) is 31.3 Å². The number of aromatic amines is 2. The van der Waals surface area contributed by atoms with Crippen molar-refractivity contribution in [3.05, 3.63) is 26.8 Å². The molecule has 0 amide bonds. The van der Waals surface area contributed by atoms with Crippen molar-refractivity contribution in [2.24, 2.45) is 0 Å². The summed E-state index contributed by atoms with van der Waals surface area (Å²) in [6.07, 6.45) is 0. The van der Waals surface area contributed by atoms with E-state index in [9.17, 15) is 9.59 Å². The number of methoxy groups -OCH3 is 3. The SMILES string of the molecule is COc1cc2[nH]c(=O)c(=O)[nH]c2c(OC)c1OC. The van der Waals surface area contributed by atoms with Gasteiger partial charge in [-0.2, -0.15) is 0 Å². The highest BCUT2D eigenvalue weighted by Gasteiger charge is 2.17. The molecule has 0 saturated carbocycles. The molecule has 18 heavy (non-hydrogen) atoms. The summed E-state index contributed by atoms with van der Waals surface area (Å²) < 4.78 is 15.5. The molecule has 0 aliphatic heterocycles. The Labute approximate surface area is 101 Å². The first-order valence-electron chi connectivity index (χ1n) is 5.07. The van der Waals surface area contributed by atoms with Gasteiger partial charge < -0.3 is 24.2 Å². The van der Waals surface area contributed by atoms with Gasteiger partial charge in [0, 0.05) is 6.07 Å². The summed E-state index contributed by atoms with van der Waals surface area (Å²) in [6, 6.07) is 1.55. The normalized spacial score (nSPS) is 10.4. The molecule has 1 aromatic heterocycles. The zero-order chi connectivity index (χ0) is 13.3. The molecule has 0 fully saturated rings. The number of nitrogens with one attached hydrogen (secondary N) is 2. The van der Waals surface area contributed by atoms with Gasteiger partial charge in [0.25, 0.3) is 0 Å². The molecular formula is C11H12N2O5. The fourth-order valence-corrected chi connectivity index (χ4v) is 1.73. The fraction of sp³-hybridized carbons (Fsp3) is 0.273. The first-order chi connectivity index (χ1) is 8.62. The van der Waals surface area contributed by atoms with Crippen LogP contribution >= 0.6 is 0 Å². The average molecular weight is 252 g/mol. The van der Waals surface area contributed by atoms with Crippen LogP contribution in [0.4, 0.5) is 0 Å². The predicted octanol–water partition coefficient (Wildman–Crippen LogP) is 0.242. The van der Waals surface area contributed by atoms with Crippen LogP contribution < -0.4 is 25.3 Å². The van der Waals surface area contributed by atoms with Crippen molar-refractivity contribution in [1.29, 1.82) is 0 Å². The van der Waals surface area contributed by atoms with Gasteiger partial charge in [-0.1, -0.05) is 0 Å². The Balaban J connectivity index is 2.97. The number of ether oxygens (including phenoxy) is 3. The summed E-state index contributed by atoms with van der Waals surface area (Å²) in [4.78, 5) is 27.5. The van der Waals surface area contributed by atoms with E-state index >= 15 is 0 Å². The van der Waals surface area contributed by atoms with Gasteiger partial charge >= 0.3 is 11.1 Å². The Morgan fingerprint density at radius 1 is 0.889 bits per heavy atom. The van der Waals surface area contributed by atoms with Crippen LogP contribution in [0.3, 0.4) is 0 Å². The molecule has 0 aliphatic rings. The minimum Gasteiger partial charge on any atom is -0.493 e. The highest BCUT2D eigenvalue weighted by Crippen LogP contribution is 2.41. The van der Waals surface area contributed by atoms with Crippen molar-refractivity contribution < 1.29 is 14.2 Å². The minimum absolute atomic E-state index is 0.292. The van der Waals surface area contributed by atoms with E-state index in [4.69, 9.17) is 14.2 Å². The van der Waals surface area contributed by atoms with Gasteiger partial charge in [0.1, 0.15) is 5.52 Å². The predicted molar refractivity (Wildman–Crippen MR) is 64.8 cm³/mol. The fourth-order valence-electron chi connectivity index (χ4n) is 1.73. The largest absolute Gasteiger partial charge is 0.493 e. The summed E-state index contributed by atoms with van der Waals surface area (Å²) in [6.45, 7) is 0. The molecule has 0 bridgehead atoms. The molecule has 96 valence electrons. The third kappa shape index (κ3) is 1.69. The summed E-state index contributed by atoms with van der Waals surface area (Å²) in [7, 11) is 4.35. The molecule has 0 saturated heterocycles. The van der Waals surface area contributed by atoms with Gasteiger partial charge in [-0.25, -0.2) is 0 Å². The number of hydrogen-bond acceptors (Lipinski definition) is 5. The van der Waals surface area contributed by atoms with E-state index in [0.717, 1.165) is 0 Å². The molecule has 1 heterocycles. The second-order valence-corrected chi connectivity index (χ2v) is 3.48. The van der Waals surface area contributed by atoms with Crippen molar-refractivity contribution in [3.8, 4) is 17.2 Å². The maximum Gasteiger partial charge on any atom is 0.314 e. The molecule has 0 spiro atoms. The standard InChI is InChI=1S/C11H12N2O5/c1-16-6-4-5-7(9(18-3)8(6)17-2)13-11(15)10(14)12-5/h4H,1-3H3,(H,12,14)(H,13,15). The Kier molecular flexibility index (Phi) is 2.97. The van der Waals surface area contributed by atoms with Crippen LogP contribution in [0.15, 0.2) is 15.7 Å². The minimum atomic E-state index is -0.756. The lowest BCUT2D eigenvalue weighted by Crippen LogP contribution is -2.29. The zero-order valence-electron chi connectivity index (χ0n) is 10.1. The number of rotatable bonds is 3. The Bertz CT molecular complexity index is 701. The van der Waals surface area contributed by atoms with Gasteiger partial charge in [0.05, 0.1) is 26.8 Å². The highest BCUT2D eigenvalue weighted by atomic mass is 16.5. The second kappa shape index (κ2) is 4.44. The number of benzene rings is 1. The lowest BCUT2D eigenvalue weighted by Gasteiger charge is -2.13. The quantitative estimate of drug-likeness (QED) is 0.763. The second-order valence-electron chi connectivity index (χ2n) is 3.48. The molecule has 0 atom stereocenters. The van der Waals surface area contributed by atoms with Crippen LogP contribution in [0.1, 0.15) is 0 Å². The van der Waals surface area contributed by atoms with Gasteiger partial charge in [0.2, 0.25) is 5.75 Å². The third-order valence-corrected chi connectivity index (χ3v) is 2.52. The molecule has 7 nitrogen and oxygen atoms in total. The Morgan fingerprint density at radius 2 is 1.50 bits per heavy atom. The number of aromatic nitrogens is 2. The summed E-state index contributed by atoms with van der Waals surface area (Å²) >= 11 is 0. The summed E-state index contributed by atoms with van der Waals surface area (Å²) in [5.74, 6) is 1.03. The van der Waals surface area contributed by atoms with Crippen molar-refractivity contribution in [1.82, 2.24) is 9.97 Å². The van der Waals surface area contributed by atoms with Gasteiger partial charge in [0.15, 0.2) is 11.5 Å². The summed E-state index contributed by atoms with van der Waals surface area (Å²) in [5, 5.41) is 0. The number of fused-ring (bicyclic) bond motifs is 1. The van der Waals surface area contributed by atoms with E-state index in [-0.39, 0.29) is 0 Å². The number of H-pyrrole nitrogens is 2. The van der Waals surface area contributed by atoms with Crippen LogP contribution in [-0.2, 0) is 0 Å². The first-order valence-corrected chi connectivity index (χ1v) is 5.07.